The Bertz CT molecular complexity index is 178. The van der Waals surface area contributed by atoms with E-state index >= 15 is 0 Å². The molecular weight excluding hydrogens is 188 g/mol. The lowest BCUT2D eigenvalue weighted by molar-refractivity contribution is 0.0537. The van der Waals surface area contributed by atoms with Gasteiger partial charge in [-0.15, -0.1) is 0 Å². The molecule has 0 bridgehead atoms. The molecule has 88 valence electrons. The molecule has 2 saturated heterocycles. The van der Waals surface area contributed by atoms with Crippen LogP contribution < -0.4 is 0 Å². The predicted molar refractivity (Wildman–Crippen MR) is 62.1 cm³/mol. The van der Waals surface area contributed by atoms with Gasteiger partial charge in [0.25, 0.3) is 0 Å². The monoisotopic (exact) mass is 212 g/mol. The van der Waals surface area contributed by atoms with Crippen LogP contribution in [-0.4, -0.2) is 62.3 Å². The van der Waals surface area contributed by atoms with Gasteiger partial charge in [-0.1, -0.05) is 0 Å². The van der Waals surface area contributed by atoms with E-state index in [1.807, 2.05) is 0 Å². The molecule has 0 aromatic heterocycles. The average molecular weight is 212 g/mol. The molecule has 2 rings (SSSR count). The summed E-state index contributed by atoms with van der Waals surface area (Å²) in [7, 11) is 4.42. The summed E-state index contributed by atoms with van der Waals surface area (Å²) in [5.74, 6) is 0. The number of hydrogen-bond acceptors (Lipinski definition) is 3. The molecule has 2 aliphatic heterocycles. The van der Waals surface area contributed by atoms with Gasteiger partial charge >= 0.3 is 0 Å². The highest BCUT2D eigenvalue weighted by molar-refractivity contribution is 4.78. The van der Waals surface area contributed by atoms with Gasteiger partial charge in [0.05, 0.1) is 13.2 Å². The van der Waals surface area contributed by atoms with Crippen LogP contribution in [0.25, 0.3) is 0 Å². The molecule has 0 N–H and O–H groups in total. The Morgan fingerprint density at radius 2 is 1.40 bits per heavy atom. The molecule has 0 aromatic rings. The van der Waals surface area contributed by atoms with E-state index in [2.05, 4.69) is 23.9 Å². The quantitative estimate of drug-likeness (QED) is 0.696. The van der Waals surface area contributed by atoms with Crippen molar-refractivity contribution in [1.29, 1.82) is 0 Å². The number of hydrogen-bond donors (Lipinski definition) is 0. The molecule has 15 heavy (non-hydrogen) atoms. The fourth-order valence-electron chi connectivity index (χ4n) is 2.72. The van der Waals surface area contributed by atoms with Gasteiger partial charge in [0.2, 0.25) is 0 Å². The van der Waals surface area contributed by atoms with Gasteiger partial charge in [0.15, 0.2) is 0 Å². The maximum Gasteiger partial charge on any atom is 0.0622 e. The van der Waals surface area contributed by atoms with E-state index in [0.29, 0.717) is 12.1 Å². The third kappa shape index (κ3) is 2.92. The first kappa shape index (κ1) is 11.4. The number of likely N-dealkylation sites (tertiary alicyclic amines) is 2. The first-order valence-electron chi connectivity index (χ1n) is 6.25. The molecule has 2 heterocycles. The van der Waals surface area contributed by atoms with E-state index in [-0.39, 0.29) is 0 Å². The Kier molecular flexibility index (Phi) is 4.00. The van der Waals surface area contributed by atoms with Gasteiger partial charge < -0.3 is 14.5 Å². The van der Waals surface area contributed by atoms with Gasteiger partial charge in [-0.25, -0.2) is 0 Å². The molecule has 2 unspecified atom stereocenters. The highest BCUT2D eigenvalue weighted by Crippen LogP contribution is 2.17. The van der Waals surface area contributed by atoms with Crippen molar-refractivity contribution in [3.63, 3.8) is 0 Å². The molecule has 3 heteroatoms. The Hall–Kier alpha value is -0.120. The predicted octanol–water partition coefficient (Wildman–Crippen LogP) is 1.19. The second-order valence-electron chi connectivity index (χ2n) is 5.09. The van der Waals surface area contributed by atoms with Gasteiger partial charge in [-0.3, -0.25) is 0 Å². The number of rotatable bonds is 4. The van der Waals surface area contributed by atoms with Crippen molar-refractivity contribution < 1.29 is 4.74 Å². The fourth-order valence-corrected chi connectivity index (χ4v) is 2.72. The number of ether oxygens (including phenoxy) is 1. The van der Waals surface area contributed by atoms with Crippen LogP contribution in [0.4, 0.5) is 0 Å². The fraction of sp³-hybridized carbons (Fsp3) is 1.00. The van der Waals surface area contributed by atoms with Crippen LogP contribution in [0.15, 0.2) is 0 Å². The summed E-state index contributed by atoms with van der Waals surface area (Å²) in [6.07, 6.45) is 5.32. The molecule has 0 radical (unpaired) electrons. The minimum Gasteiger partial charge on any atom is -0.378 e. The van der Waals surface area contributed by atoms with Crippen LogP contribution in [-0.2, 0) is 4.74 Å². The molecule has 0 saturated carbocycles. The third-order valence-corrected chi connectivity index (χ3v) is 3.96. The standard InChI is InChI=1S/C12H24N2O/c1-13-7-3-5-11(13)9-15-10-12-6-4-8-14(12)2/h11-12H,3-10H2,1-2H3. The number of likely N-dealkylation sites (N-methyl/N-ethyl adjacent to an activating group) is 2. The highest BCUT2D eigenvalue weighted by atomic mass is 16.5. The van der Waals surface area contributed by atoms with E-state index in [1.165, 1.54) is 38.8 Å². The van der Waals surface area contributed by atoms with Gasteiger partial charge in [0.1, 0.15) is 0 Å². The zero-order chi connectivity index (χ0) is 10.7. The van der Waals surface area contributed by atoms with E-state index < -0.39 is 0 Å². The highest BCUT2D eigenvalue weighted by Gasteiger charge is 2.23. The molecule has 0 spiro atoms. The van der Waals surface area contributed by atoms with Crippen LogP contribution in [0.2, 0.25) is 0 Å². The zero-order valence-electron chi connectivity index (χ0n) is 10.1. The second kappa shape index (κ2) is 5.28. The lowest BCUT2D eigenvalue weighted by Gasteiger charge is -2.23. The first-order valence-corrected chi connectivity index (χ1v) is 6.25. The summed E-state index contributed by atoms with van der Waals surface area (Å²) in [6.45, 7) is 4.36. The van der Waals surface area contributed by atoms with Crippen LogP contribution in [0, 0.1) is 0 Å². The Morgan fingerprint density at radius 1 is 0.933 bits per heavy atom. The smallest absolute Gasteiger partial charge is 0.0622 e. The SMILES string of the molecule is CN1CCCC1COCC1CCCN1C. The largest absolute Gasteiger partial charge is 0.378 e. The summed E-state index contributed by atoms with van der Waals surface area (Å²) in [5, 5.41) is 0. The minimum absolute atomic E-state index is 0.678. The second-order valence-corrected chi connectivity index (χ2v) is 5.09. The van der Waals surface area contributed by atoms with Crippen molar-refractivity contribution >= 4 is 0 Å². The Balaban J connectivity index is 1.62. The van der Waals surface area contributed by atoms with Crippen LogP contribution in [0.1, 0.15) is 25.7 Å². The molecule has 3 nitrogen and oxygen atoms in total. The van der Waals surface area contributed by atoms with Gasteiger partial charge in [-0.05, 0) is 52.9 Å². The number of nitrogens with zero attached hydrogens (tertiary/aromatic N) is 2. The lowest BCUT2D eigenvalue weighted by atomic mass is 10.2. The molecule has 2 fully saturated rings. The normalized spacial score (nSPS) is 34.0. The van der Waals surface area contributed by atoms with Crippen molar-refractivity contribution in [2.24, 2.45) is 0 Å². The van der Waals surface area contributed by atoms with Crippen molar-refractivity contribution in [2.75, 3.05) is 40.4 Å². The average Bonchev–Trinajstić information content (AvgIpc) is 2.78. The summed E-state index contributed by atoms with van der Waals surface area (Å²) in [4.78, 5) is 4.86. The van der Waals surface area contributed by atoms with E-state index in [0.717, 1.165) is 13.2 Å². The molecule has 0 aromatic carbocycles. The van der Waals surface area contributed by atoms with Gasteiger partial charge in [0, 0.05) is 12.1 Å². The maximum absolute atomic E-state index is 5.86. The third-order valence-electron chi connectivity index (χ3n) is 3.96. The van der Waals surface area contributed by atoms with Crippen LogP contribution in [0.3, 0.4) is 0 Å². The van der Waals surface area contributed by atoms with Crippen LogP contribution >= 0.6 is 0 Å². The molecule has 0 aliphatic carbocycles. The van der Waals surface area contributed by atoms with E-state index in [1.54, 1.807) is 0 Å². The first-order chi connectivity index (χ1) is 7.27. The Morgan fingerprint density at radius 3 is 1.73 bits per heavy atom. The summed E-state index contributed by atoms with van der Waals surface area (Å²) >= 11 is 0. The summed E-state index contributed by atoms with van der Waals surface area (Å²) < 4.78 is 5.86. The van der Waals surface area contributed by atoms with Crippen molar-refractivity contribution in [2.45, 2.75) is 37.8 Å². The molecule has 2 atom stereocenters. The van der Waals surface area contributed by atoms with Crippen molar-refractivity contribution in [3.8, 4) is 0 Å². The molecule has 2 aliphatic rings. The summed E-state index contributed by atoms with van der Waals surface area (Å²) in [5.41, 5.74) is 0. The minimum atomic E-state index is 0.678. The summed E-state index contributed by atoms with van der Waals surface area (Å²) in [6, 6.07) is 1.36. The maximum atomic E-state index is 5.86. The zero-order valence-corrected chi connectivity index (χ0v) is 10.1. The topological polar surface area (TPSA) is 15.7 Å². The van der Waals surface area contributed by atoms with Gasteiger partial charge in [-0.2, -0.15) is 0 Å². The Labute approximate surface area is 93.4 Å². The van der Waals surface area contributed by atoms with E-state index in [4.69, 9.17) is 4.74 Å². The van der Waals surface area contributed by atoms with Crippen molar-refractivity contribution in [1.82, 2.24) is 9.80 Å². The van der Waals surface area contributed by atoms with Crippen molar-refractivity contribution in [3.05, 3.63) is 0 Å². The molecule has 0 amide bonds. The van der Waals surface area contributed by atoms with E-state index in [9.17, 15) is 0 Å². The molecular formula is C12H24N2O. The lowest BCUT2D eigenvalue weighted by Crippen LogP contribution is -2.33. The van der Waals surface area contributed by atoms with Crippen LogP contribution in [0.5, 0.6) is 0 Å².